The van der Waals surface area contributed by atoms with Crippen molar-refractivity contribution in [2.24, 2.45) is 0 Å². The summed E-state index contributed by atoms with van der Waals surface area (Å²) in [5.41, 5.74) is 8.64. The van der Waals surface area contributed by atoms with Crippen molar-refractivity contribution in [2.75, 3.05) is 36.8 Å². The summed E-state index contributed by atoms with van der Waals surface area (Å²) in [7, 11) is 0. The number of hydrogen-bond donors (Lipinski definition) is 2. The SMILES string of the molecule is Nc1ccc(N2CCN(C(=O)c3cccc(F)c3)CC2)c(C(=O)NCc2ccc(F)cc2)c1. The number of piperazine rings is 1. The Bertz CT molecular complexity index is 1160. The molecule has 3 N–H and O–H groups in total. The number of hydrogen-bond acceptors (Lipinski definition) is 4. The maximum Gasteiger partial charge on any atom is 0.254 e. The monoisotopic (exact) mass is 450 g/mol. The third kappa shape index (κ3) is 5.28. The topological polar surface area (TPSA) is 78.7 Å². The highest BCUT2D eigenvalue weighted by Gasteiger charge is 2.25. The summed E-state index contributed by atoms with van der Waals surface area (Å²) >= 11 is 0. The summed E-state index contributed by atoms with van der Waals surface area (Å²) in [6.45, 7) is 2.17. The average Bonchev–Trinajstić information content (AvgIpc) is 2.83. The molecule has 1 heterocycles. The van der Waals surface area contributed by atoms with Crippen LogP contribution in [0, 0.1) is 11.6 Å². The van der Waals surface area contributed by atoms with Crippen molar-refractivity contribution in [1.82, 2.24) is 10.2 Å². The first-order valence-corrected chi connectivity index (χ1v) is 10.6. The molecule has 0 atom stereocenters. The van der Waals surface area contributed by atoms with Crippen molar-refractivity contribution in [1.29, 1.82) is 0 Å². The summed E-state index contributed by atoms with van der Waals surface area (Å²) in [6, 6.07) is 16.7. The number of nitrogens with two attached hydrogens (primary N) is 1. The molecule has 0 unspecified atom stereocenters. The number of nitrogens with one attached hydrogen (secondary N) is 1. The Kier molecular flexibility index (Phi) is 6.53. The highest BCUT2D eigenvalue weighted by molar-refractivity contribution is 6.01. The Morgan fingerprint density at radius 2 is 1.61 bits per heavy atom. The van der Waals surface area contributed by atoms with E-state index in [2.05, 4.69) is 5.32 Å². The standard InChI is InChI=1S/C25H24F2N4O2/c26-19-6-4-17(5-7-19)16-29-24(32)22-15-21(28)8-9-23(22)30-10-12-31(13-11-30)25(33)18-2-1-3-20(27)14-18/h1-9,14-15H,10-13,16,28H2,(H,29,32). The number of amides is 2. The fourth-order valence-corrected chi connectivity index (χ4v) is 3.85. The van der Waals surface area contributed by atoms with Crippen LogP contribution in [0.4, 0.5) is 20.2 Å². The molecule has 1 aliphatic rings. The van der Waals surface area contributed by atoms with E-state index in [1.165, 1.54) is 30.3 Å². The van der Waals surface area contributed by atoms with E-state index in [1.54, 1.807) is 41.3 Å². The second-order valence-electron chi connectivity index (χ2n) is 7.88. The van der Waals surface area contributed by atoms with Gasteiger partial charge in [-0.2, -0.15) is 0 Å². The van der Waals surface area contributed by atoms with E-state index in [-0.39, 0.29) is 24.2 Å². The van der Waals surface area contributed by atoms with E-state index in [0.717, 1.165) is 11.3 Å². The van der Waals surface area contributed by atoms with Crippen LogP contribution < -0.4 is 16.0 Å². The number of nitrogens with zero attached hydrogens (tertiary/aromatic N) is 2. The lowest BCUT2D eigenvalue weighted by Gasteiger charge is -2.37. The zero-order valence-electron chi connectivity index (χ0n) is 17.9. The van der Waals surface area contributed by atoms with E-state index in [0.29, 0.717) is 43.0 Å². The van der Waals surface area contributed by atoms with Crippen LogP contribution in [0.2, 0.25) is 0 Å². The maximum atomic E-state index is 13.5. The molecule has 0 aliphatic carbocycles. The van der Waals surface area contributed by atoms with Crippen LogP contribution in [0.25, 0.3) is 0 Å². The Hall–Kier alpha value is -3.94. The van der Waals surface area contributed by atoms with Gasteiger partial charge >= 0.3 is 0 Å². The van der Waals surface area contributed by atoms with Crippen molar-refractivity contribution in [2.45, 2.75) is 6.54 Å². The molecule has 4 rings (SSSR count). The minimum Gasteiger partial charge on any atom is -0.399 e. The number of carbonyl (C=O) groups is 2. The third-order valence-corrected chi connectivity index (χ3v) is 5.61. The molecule has 3 aromatic rings. The van der Waals surface area contributed by atoms with Crippen LogP contribution in [0.15, 0.2) is 66.7 Å². The zero-order valence-corrected chi connectivity index (χ0v) is 17.9. The summed E-state index contributed by atoms with van der Waals surface area (Å²) in [4.78, 5) is 29.3. The van der Waals surface area contributed by atoms with Crippen LogP contribution in [0.3, 0.4) is 0 Å². The van der Waals surface area contributed by atoms with Gasteiger partial charge in [0.15, 0.2) is 0 Å². The lowest BCUT2D eigenvalue weighted by molar-refractivity contribution is 0.0745. The smallest absolute Gasteiger partial charge is 0.254 e. The molecule has 0 radical (unpaired) electrons. The third-order valence-electron chi connectivity index (χ3n) is 5.61. The predicted molar refractivity (Wildman–Crippen MR) is 123 cm³/mol. The molecule has 0 spiro atoms. The van der Waals surface area contributed by atoms with Gasteiger partial charge in [0.1, 0.15) is 11.6 Å². The van der Waals surface area contributed by atoms with Crippen LogP contribution in [-0.2, 0) is 6.54 Å². The number of rotatable bonds is 5. The lowest BCUT2D eigenvalue weighted by Crippen LogP contribution is -2.49. The fourth-order valence-electron chi connectivity index (χ4n) is 3.85. The van der Waals surface area contributed by atoms with E-state index >= 15 is 0 Å². The number of halogens is 2. The van der Waals surface area contributed by atoms with Gasteiger partial charge < -0.3 is 20.9 Å². The second kappa shape index (κ2) is 9.68. The minimum absolute atomic E-state index is 0.219. The molecule has 33 heavy (non-hydrogen) atoms. The van der Waals surface area contributed by atoms with Crippen LogP contribution in [0.1, 0.15) is 26.3 Å². The van der Waals surface area contributed by atoms with Gasteiger partial charge in [-0.05, 0) is 54.1 Å². The van der Waals surface area contributed by atoms with Crippen LogP contribution >= 0.6 is 0 Å². The molecule has 1 fully saturated rings. The quantitative estimate of drug-likeness (QED) is 0.584. The number of benzene rings is 3. The molecule has 1 saturated heterocycles. The van der Waals surface area contributed by atoms with Gasteiger partial charge in [-0.1, -0.05) is 18.2 Å². The molecular weight excluding hydrogens is 426 g/mol. The number of anilines is 2. The van der Waals surface area contributed by atoms with Gasteiger partial charge in [0.05, 0.1) is 5.56 Å². The van der Waals surface area contributed by atoms with Gasteiger partial charge in [-0.25, -0.2) is 8.78 Å². The lowest BCUT2D eigenvalue weighted by atomic mass is 10.1. The molecule has 170 valence electrons. The van der Waals surface area contributed by atoms with Crippen molar-refractivity contribution in [3.63, 3.8) is 0 Å². The highest BCUT2D eigenvalue weighted by atomic mass is 19.1. The fraction of sp³-hybridized carbons (Fsp3) is 0.200. The highest BCUT2D eigenvalue weighted by Crippen LogP contribution is 2.25. The number of carbonyl (C=O) groups excluding carboxylic acids is 2. The van der Waals surface area contributed by atoms with Gasteiger partial charge in [0, 0.05) is 49.7 Å². The summed E-state index contributed by atoms with van der Waals surface area (Å²) in [6.07, 6.45) is 0. The van der Waals surface area contributed by atoms with Crippen molar-refractivity contribution in [3.8, 4) is 0 Å². The zero-order chi connectivity index (χ0) is 23.4. The average molecular weight is 450 g/mol. The van der Waals surface area contributed by atoms with Crippen LogP contribution in [-0.4, -0.2) is 42.9 Å². The first-order chi connectivity index (χ1) is 15.9. The van der Waals surface area contributed by atoms with E-state index in [1.807, 2.05) is 4.90 Å². The Labute approximate surface area is 190 Å². The second-order valence-corrected chi connectivity index (χ2v) is 7.88. The maximum absolute atomic E-state index is 13.5. The first-order valence-electron chi connectivity index (χ1n) is 10.6. The Morgan fingerprint density at radius 1 is 0.879 bits per heavy atom. The number of nitrogen functional groups attached to an aromatic ring is 1. The van der Waals surface area contributed by atoms with E-state index < -0.39 is 5.82 Å². The molecule has 0 bridgehead atoms. The van der Waals surface area contributed by atoms with E-state index in [9.17, 15) is 18.4 Å². The molecule has 1 aliphatic heterocycles. The summed E-state index contributed by atoms with van der Waals surface area (Å²) in [5, 5.41) is 2.85. The van der Waals surface area contributed by atoms with Gasteiger partial charge in [0.2, 0.25) is 0 Å². The molecule has 0 saturated carbocycles. The van der Waals surface area contributed by atoms with Gasteiger partial charge in [-0.3, -0.25) is 9.59 Å². The Morgan fingerprint density at radius 3 is 2.30 bits per heavy atom. The normalized spacial score (nSPS) is 13.6. The van der Waals surface area contributed by atoms with Crippen molar-refractivity contribution in [3.05, 3.63) is 95.1 Å². The van der Waals surface area contributed by atoms with Gasteiger partial charge in [-0.15, -0.1) is 0 Å². The molecule has 2 amide bonds. The Balaban J connectivity index is 1.43. The largest absolute Gasteiger partial charge is 0.399 e. The first kappa shape index (κ1) is 22.3. The summed E-state index contributed by atoms with van der Waals surface area (Å²) in [5.74, 6) is -1.29. The molecule has 8 heteroatoms. The minimum atomic E-state index is -0.447. The van der Waals surface area contributed by atoms with Gasteiger partial charge in [0.25, 0.3) is 11.8 Å². The summed E-state index contributed by atoms with van der Waals surface area (Å²) < 4.78 is 26.6. The van der Waals surface area contributed by atoms with E-state index in [4.69, 9.17) is 5.73 Å². The molecule has 0 aromatic heterocycles. The van der Waals surface area contributed by atoms with Crippen molar-refractivity contribution < 1.29 is 18.4 Å². The predicted octanol–water partition coefficient (Wildman–Crippen LogP) is 3.44. The van der Waals surface area contributed by atoms with Crippen molar-refractivity contribution >= 4 is 23.2 Å². The molecular formula is C25H24F2N4O2. The molecule has 3 aromatic carbocycles. The molecule has 6 nitrogen and oxygen atoms in total. The van der Waals surface area contributed by atoms with Crippen LogP contribution in [0.5, 0.6) is 0 Å².